The van der Waals surface area contributed by atoms with Gasteiger partial charge in [0.05, 0.1) is 5.69 Å². The Bertz CT molecular complexity index is 361. The van der Waals surface area contributed by atoms with Gasteiger partial charge in [0.2, 0.25) is 0 Å². The molecule has 4 N–H and O–H groups in total. The summed E-state index contributed by atoms with van der Waals surface area (Å²) in [5.74, 6) is 8.35. The van der Waals surface area contributed by atoms with Crippen LogP contribution in [-0.4, -0.2) is 9.66 Å². The second-order valence-electron chi connectivity index (χ2n) is 5.10. The molecule has 0 saturated heterocycles. The van der Waals surface area contributed by atoms with Gasteiger partial charge in [0, 0.05) is 11.8 Å². The van der Waals surface area contributed by atoms with Crippen LogP contribution in [0, 0.1) is 0 Å². The molecular formula is C12H22N4. The first-order chi connectivity index (χ1) is 7.61. The molecule has 1 fully saturated rings. The molecule has 0 aliphatic heterocycles. The molecule has 0 aromatic carbocycles. The SMILES string of the molecule is CC(C)c1nc(C2CCCCC2)c(N)n1N. The highest BCUT2D eigenvalue weighted by atomic mass is 15.4. The molecule has 1 aliphatic carbocycles. The largest absolute Gasteiger partial charge is 0.382 e. The number of nitrogens with two attached hydrogens (primary N) is 2. The third-order valence-corrected chi connectivity index (χ3v) is 3.51. The number of aromatic nitrogens is 2. The molecule has 4 nitrogen and oxygen atoms in total. The molecule has 0 spiro atoms. The molecule has 0 bridgehead atoms. The van der Waals surface area contributed by atoms with Crippen LogP contribution in [0.1, 0.15) is 69.3 Å². The minimum absolute atomic E-state index is 0.324. The number of hydrogen-bond donors (Lipinski definition) is 2. The Labute approximate surface area is 97.0 Å². The lowest BCUT2D eigenvalue weighted by molar-refractivity contribution is 0.438. The van der Waals surface area contributed by atoms with E-state index in [0.717, 1.165) is 11.5 Å². The van der Waals surface area contributed by atoms with Crippen molar-refractivity contribution >= 4 is 5.82 Å². The maximum atomic E-state index is 6.05. The Morgan fingerprint density at radius 3 is 2.38 bits per heavy atom. The van der Waals surface area contributed by atoms with E-state index in [9.17, 15) is 0 Å². The van der Waals surface area contributed by atoms with E-state index >= 15 is 0 Å². The van der Waals surface area contributed by atoms with Gasteiger partial charge in [-0.05, 0) is 12.8 Å². The first-order valence-corrected chi connectivity index (χ1v) is 6.24. The molecule has 1 aromatic heterocycles. The molecular weight excluding hydrogens is 200 g/mol. The van der Waals surface area contributed by atoms with Gasteiger partial charge < -0.3 is 11.6 Å². The Morgan fingerprint density at radius 2 is 1.88 bits per heavy atom. The predicted octanol–water partition coefficient (Wildman–Crippen LogP) is 2.35. The predicted molar refractivity (Wildman–Crippen MR) is 66.7 cm³/mol. The molecule has 1 aliphatic rings. The summed E-state index contributed by atoms with van der Waals surface area (Å²) in [7, 11) is 0. The minimum atomic E-state index is 0.324. The molecule has 16 heavy (non-hydrogen) atoms. The summed E-state index contributed by atoms with van der Waals surface area (Å²) in [5, 5.41) is 0. The lowest BCUT2D eigenvalue weighted by atomic mass is 9.87. The zero-order valence-electron chi connectivity index (χ0n) is 10.2. The number of hydrogen-bond acceptors (Lipinski definition) is 3. The maximum Gasteiger partial charge on any atom is 0.146 e. The Balaban J connectivity index is 2.30. The fourth-order valence-electron chi connectivity index (χ4n) is 2.57. The van der Waals surface area contributed by atoms with Gasteiger partial charge in [0.25, 0.3) is 0 Å². The van der Waals surface area contributed by atoms with E-state index in [-0.39, 0.29) is 0 Å². The lowest BCUT2D eigenvalue weighted by Gasteiger charge is -2.20. The molecule has 2 rings (SSSR count). The van der Waals surface area contributed by atoms with Crippen LogP contribution in [0.5, 0.6) is 0 Å². The van der Waals surface area contributed by atoms with Crippen LogP contribution >= 0.6 is 0 Å². The van der Waals surface area contributed by atoms with Crippen molar-refractivity contribution in [1.82, 2.24) is 9.66 Å². The number of rotatable bonds is 2. The minimum Gasteiger partial charge on any atom is -0.382 e. The van der Waals surface area contributed by atoms with Gasteiger partial charge in [-0.1, -0.05) is 33.1 Å². The third-order valence-electron chi connectivity index (χ3n) is 3.51. The molecule has 1 aromatic rings. The summed E-state index contributed by atoms with van der Waals surface area (Å²) in [6, 6.07) is 0. The van der Waals surface area contributed by atoms with Crippen molar-refractivity contribution in [2.75, 3.05) is 11.6 Å². The molecule has 0 unspecified atom stereocenters. The number of imidazole rings is 1. The fourth-order valence-corrected chi connectivity index (χ4v) is 2.57. The van der Waals surface area contributed by atoms with Crippen molar-refractivity contribution in [2.24, 2.45) is 0 Å². The van der Waals surface area contributed by atoms with Crippen LogP contribution < -0.4 is 11.6 Å². The number of nitrogen functional groups attached to an aromatic ring is 2. The highest BCUT2D eigenvalue weighted by molar-refractivity contribution is 5.41. The van der Waals surface area contributed by atoms with Crippen LogP contribution in [0.15, 0.2) is 0 Å². The normalized spacial score (nSPS) is 18.2. The maximum absolute atomic E-state index is 6.05. The van der Waals surface area contributed by atoms with Gasteiger partial charge >= 0.3 is 0 Å². The standard InChI is InChI=1S/C12H22N4/c1-8(2)12-15-10(11(13)16(12)14)9-6-4-3-5-7-9/h8-9H,3-7,13-14H2,1-2H3. The van der Waals surface area contributed by atoms with E-state index < -0.39 is 0 Å². The van der Waals surface area contributed by atoms with Crippen molar-refractivity contribution in [1.29, 1.82) is 0 Å². The summed E-state index contributed by atoms with van der Waals surface area (Å²) < 4.78 is 1.56. The summed E-state index contributed by atoms with van der Waals surface area (Å²) >= 11 is 0. The Kier molecular flexibility index (Phi) is 3.08. The van der Waals surface area contributed by atoms with E-state index in [1.807, 2.05) is 0 Å². The number of anilines is 1. The first-order valence-electron chi connectivity index (χ1n) is 6.24. The molecule has 1 saturated carbocycles. The van der Waals surface area contributed by atoms with Crippen LogP contribution in [-0.2, 0) is 0 Å². The second-order valence-corrected chi connectivity index (χ2v) is 5.10. The van der Waals surface area contributed by atoms with Gasteiger partial charge in [0.15, 0.2) is 0 Å². The highest BCUT2D eigenvalue weighted by Gasteiger charge is 2.24. The molecule has 0 amide bonds. The smallest absolute Gasteiger partial charge is 0.146 e. The van der Waals surface area contributed by atoms with Gasteiger partial charge in [0.1, 0.15) is 11.6 Å². The van der Waals surface area contributed by atoms with E-state index in [0.29, 0.717) is 17.7 Å². The van der Waals surface area contributed by atoms with Crippen molar-refractivity contribution in [3.63, 3.8) is 0 Å². The molecule has 0 atom stereocenters. The van der Waals surface area contributed by atoms with Crippen LogP contribution in [0.3, 0.4) is 0 Å². The lowest BCUT2D eigenvalue weighted by Crippen LogP contribution is -2.16. The highest BCUT2D eigenvalue weighted by Crippen LogP contribution is 2.35. The molecule has 90 valence electrons. The zero-order chi connectivity index (χ0) is 11.7. The quantitative estimate of drug-likeness (QED) is 0.755. The van der Waals surface area contributed by atoms with Crippen LogP contribution in [0.4, 0.5) is 5.82 Å². The average Bonchev–Trinajstić information content (AvgIpc) is 2.58. The monoisotopic (exact) mass is 222 g/mol. The van der Waals surface area contributed by atoms with E-state index in [1.54, 1.807) is 4.68 Å². The summed E-state index contributed by atoms with van der Waals surface area (Å²) in [5.41, 5.74) is 7.08. The van der Waals surface area contributed by atoms with Crippen molar-refractivity contribution in [3.8, 4) is 0 Å². The van der Waals surface area contributed by atoms with Crippen LogP contribution in [0.25, 0.3) is 0 Å². The van der Waals surface area contributed by atoms with Gasteiger partial charge in [-0.3, -0.25) is 0 Å². The van der Waals surface area contributed by atoms with Gasteiger partial charge in [-0.2, -0.15) is 0 Å². The topological polar surface area (TPSA) is 69.9 Å². The molecule has 0 radical (unpaired) electrons. The molecule has 4 heteroatoms. The van der Waals surface area contributed by atoms with E-state index in [2.05, 4.69) is 18.8 Å². The van der Waals surface area contributed by atoms with Gasteiger partial charge in [-0.15, -0.1) is 0 Å². The number of nitrogens with zero attached hydrogens (tertiary/aromatic N) is 2. The van der Waals surface area contributed by atoms with E-state index in [1.165, 1.54) is 32.1 Å². The zero-order valence-corrected chi connectivity index (χ0v) is 10.2. The Hall–Kier alpha value is -1.19. The van der Waals surface area contributed by atoms with E-state index in [4.69, 9.17) is 11.6 Å². The van der Waals surface area contributed by atoms with Crippen LogP contribution in [0.2, 0.25) is 0 Å². The average molecular weight is 222 g/mol. The third kappa shape index (κ3) is 1.88. The second kappa shape index (κ2) is 4.36. The van der Waals surface area contributed by atoms with Crippen molar-refractivity contribution in [2.45, 2.75) is 57.8 Å². The van der Waals surface area contributed by atoms with Gasteiger partial charge in [-0.25, -0.2) is 9.66 Å². The van der Waals surface area contributed by atoms with Crippen molar-refractivity contribution < 1.29 is 0 Å². The summed E-state index contributed by atoms with van der Waals surface area (Å²) in [4.78, 5) is 4.65. The summed E-state index contributed by atoms with van der Waals surface area (Å²) in [6.45, 7) is 4.19. The van der Waals surface area contributed by atoms with Crippen molar-refractivity contribution in [3.05, 3.63) is 11.5 Å². The molecule has 1 heterocycles. The fraction of sp³-hybridized carbons (Fsp3) is 0.750. The Morgan fingerprint density at radius 1 is 1.25 bits per heavy atom. The first kappa shape index (κ1) is 11.3. The summed E-state index contributed by atoms with van der Waals surface area (Å²) in [6.07, 6.45) is 6.34.